The summed E-state index contributed by atoms with van der Waals surface area (Å²) in [5.41, 5.74) is 1.68. The van der Waals surface area contributed by atoms with Crippen LogP contribution in [0.3, 0.4) is 0 Å². The molecule has 0 saturated heterocycles. The van der Waals surface area contributed by atoms with Gasteiger partial charge in [0.05, 0.1) is 21.3 Å². The molecule has 0 aliphatic carbocycles. The largest absolute Gasteiger partial charge is 1.00 e. The van der Waals surface area contributed by atoms with Crippen molar-refractivity contribution in [3.05, 3.63) is 99.5 Å². The van der Waals surface area contributed by atoms with Crippen molar-refractivity contribution in [3.63, 3.8) is 0 Å². The maximum atomic E-state index is 13.6. The fourth-order valence-corrected chi connectivity index (χ4v) is 4.81. The molecule has 0 spiro atoms. The summed E-state index contributed by atoms with van der Waals surface area (Å²) in [5, 5.41) is 1.23. The molecule has 0 fully saturated rings. The van der Waals surface area contributed by atoms with E-state index in [9.17, 15) is 4.79 Å². The van der Waals surface area contributed by atoms with Gasteiger partial charge in [-0.05, 0) is 42.0 Å². The first kappa shape index (κ1) is 26.3. The average Bonchev–Trinajstić information content (AvgIpc) is 3.12. The second kappa shape index (κ2) is 11.0. The number of likely N-dealkylation sites (N-methyl/N-ethyl adjacent to an activating group) is 1. The van der Waals surface area contributed by atoms with Crippen LogP contribution in [-0.2, 0) is 21.6 Å². The topological polar surface area (TPSA) is 41.8 Å². The lowest BCUT2D eigenvalue weighted by Gasteiger charge is -2.33. The number of hydrogen-bond donors (Lipinski definition) is 0. The van der Waals surface area contributed by atoms with Gasteiger partial charge in [-0.15, -0.1) is 0 Å². The van der Waals surface area contributed by atoms with Crippen LogP contribution in [0, 0.1) is 0 Å². The standard InChI is InChI=1S/C26H25Cl2N2O3.HI/c1-29-17-30(16-18-4-14-23(32-2)15-5-18)24(19-6-10-21(27)11-7-19)26(29,25(31)33-3)20-8-12-22(28)13-9-20;/h4-15,17,24H,16H2,1-3H3;1H/q+1;/p-1/t24-,26+;/m1./s1. The Hall–Kier alpha value is -2.29. The lowest BCUT2D eigenvalue weighted by atomic mass is 9.78. The molecule has 3 aromatic carbocycles. The number of esters is 1. The normalized spacial score (nSPS) is 19.3. The van der Waals surface area contributed by atoms with Gasteiger partial charge in [-0.3, -0.25) is 4.58 Å². The third-order valence-corrected chi connectivity index (χ3v) is 6.60. The van der Waals surface area contributed by atoms with Gasteiger partial charge in [0, 0.05) is 21.2 Å². The molecule has 34 heavy (non-hydrogen) atoms. The van der Waals surface area contributed by atoms with Crippen LogP contribution >= 0.6 is 23.2 Å². The van der Waals surface area contributed by atoms with E-state index in [1.807, 2.05) is 78.9 Å². The predicted octanol–water partition coefficient (Wildman–Crippen LogP) is 2.30. The van der Waals surface area contributed by atoms with E-state index in [-0.39, 0.29) is 36.0 Å². The fourth-order valence-electron chi connectivity index (χ4n) is 4.56. The molecule has 1 aliphatic rings. The van der Waals surface area contributed by atoms with Crippen molar-refractivity contribution in [2.45, 2.75) is 18.1 Å². The van der Waals surface area contributed by atoms with Crippen molar-refractivity contribution < 1.29 is 42.8 Å². The Kier molecular flexibility index (Phi) is 8.49. The van der Waals surface area contributed by atoms with E-state index in [4.69, 9.17) is 32.7 Å². The molecule has 4 rings (SSSR count). The number of carbonyl (C=O) groups is 1. The highest BCUT2D eigenvalue weighted by atomic mass is 127. The van der Waals surface area contributed by atoms with Gasteiger partial charge in [-0.1, -0.05) is 59.6 Å². The van der Waals surface area contributed by atoms with Crippen molar-refractivity contribution in [2.24, 2.45) is 0 Å². The number of hydrogen-bond acceptors (Lipinski definition) is 4. The molecule has 0 saturated carbocycles. The van der Waals surface area contributed by atoms with Crippen LogP contribution in [0.1, 0.15) is 22.7 Å². The van der Waals surface area contributed by atoms with Gasteiger partial charge in [0.15, 0.2) is 6.04 Å². The molecule has 5 nitrogen and oxygen atoms in total. The molecule has 0 N–H and O–H groups in total. The number of halogens is 3. The maximum Gasteiger partial charge on any atom is 0.364 e. The van der Waals surface area contributed by atoms with Gasteiger partial charge in [-0.2, -0.15) is 0 Å². The van der Waals surface area contributed by atoms with Crippen LogP contribution < -0.4 is 28.7 Å². The Labute approximate surface area is 226 Å². The zero-order chi connectivity index (χ0) is 23.6. The minimum absolute atomic E-state index is 0. The zero-order valence-electron chi connectivity index (χ0n) is 19.0. The lowest BCUT2D eigenvalue weighted by Crippen LogP contribution is -3.00. The van der Waals surface area contributed by atoms with Crippen LogP contribution in [0.4, 0.5) is 0 Å². The molecule has 3 aromatic rings. The molecule has 0 unspecified atom stereocenters. The molecule has 0 amide bonds. The Balaban J connectivity index is 0.00000324. The lowest BCUT2D eigenvalue weighted by molar-refractivity contribution is -0.582. The molecule has 1 aliphatic heterocycles. The number of benzene rings is 3. The first-order valence-corrected chi connectivity index (χ1v) is 11.2. The number of rotatable bonds is 6. The predicted molar refractivity (Wildman–Crippen MR) is 130 cm³/mol. The van der Waals surface area contributed by atoms with E-state index < -0.39 is 5.54 Å². The highest BCUT2D eigenvalue weighted by molar-refractivity contribution is 6.30. The Morgan fingerprint density at radius 1 is 0.941 bits per heavy atom. The average molecular weight is 611 g/mol. The minimum atomic E-state index is -1.13. The molecule has 8 heteroatoms. The number of methoxy groups -OCH3 is 2. The summed E-state index contributed by atoms with van der Waals surface area (Å²) >= 11 is 12.4. The zero-order valence-corrected chi connectivity index (χ0v) is 22.7. The number of carbonyl (C=O) groups excluding carboxylic acids is 1. The van der Waals surface area contributed by atoms with Gasteiger partial charge in [0.1, 0.15) is 12.3 Å². The Morgan fingerprint density at radius 2 is 1.50 bits per heavy atom. The quantitative estimate of drug-likeness (QED) is 0.244. The number of nitrogens with zero attached hydrogens (tertiary/aromatic N) is 2. The first-order chi connectivity index (χ1) is 15.9. The third kappa shape index (κ3) is 4.76. The third-order valence-electron chi connectivity index (χ3n) is 6.10. The van der Waals surface area contributed by atoms with Crippen LogP contribution in [-0.4, -0.2) is 43.1 Å². The Morgan fingerprint density at radius 3 is 2.03 bits per heavy atom. The summed E-state index contributed by atoms with van der Waals surface area (Å²) in [4.78, 5) is 15.5. The van der Waals surface area contributed by atoms with Gasteiger partial charge in [0.25, 0.3) is 5.54 Å². The molecule has 0 bridgehead atoms. The molecular weight excluding hydrogens is 586 g/mol. The summed E-state index contributed by atoms with van der Waals surface area (Å²) in [7, 11) is 4.95. The van der Waals surface area contributed by atoms with Crippen molar-refractivity contribution in [1.29, 1.82) is 0 Å². The van der Waals surface area contributed by atoms with Gasteiger partial charge < -0.3 is 33.5 Å². The highest BCUT2D eigenvalue weighted by Crippen LogP contribution is 2.46. The van der Waals surface area contributed by atoms with E-state index in [0.29, 0.717) is 16.6 Å². The summed E-state index contributed by atoms with van der Waals surface area (Å²) in [6, 6.07) is 22.4. The van der Waals surface area contributed by atoms with Gasteiger partial charge in [-0.25, -0.2) is 9.69 Å². The van der Waals surface area contributed by atoms with Crippen molar-refractivity contribution in [1.82, 2.24) is 4.90 Å². The smallest absolute Gasteiger partial charge is 0.364 e. The molecule has 2 atom stereocenters. The summed E-state index contributed by atoms with van der Waals surface area (Å²) in [5.74, 6) is 0.432. The van der Waals surface area contributed by atoms with Crippen molar-refractivity contribution in [3.8, 4) is 5.75 Å². The highest BCUT2D eigenvalue weighted by Gasteiger charge is 2.63. The summed E-state index contributed by atoms with van der Waals surface area (Å²) in [6.45, 7) is 0.577. The second-order valence-corrected chi connectivity index (χ2v) is 8.84. The molecular formula is C26H25Cl2IN2O3. The van der Waals surface area contributed by atoms with E-state index in [1.165, 1.54) is 7.11 Å². The van der Waals surface area contributed by atoms with Crippen molar-refractivity contribution in [2.75, 3.05) is 21.3 Å². The monoisotopic (exact) mass is 610 g/mol. The van der Waals surface area contributed by atoms with Gasteiger partial charge in [0.2, 0.25) is 6.34 Å². The minimum Gasteiger partial charge on any atom is -1.00 e. The van der Waals surface area contributed by atoms with Crippen LogP contribution in [0.15, 0.2) is 72.8 Å². The van der Waals surface area contributed by atoms with Crippen LogP contribution in [0.5, 0.6) is 5.75 Å². The second-order valence-electron chi connectivity index (χ2n) is 7.97. The molecule has 0 radical (unpaired) electrons. The SMILES string of the molecule is COC(=O)[C@]1(c2ccc(Cl)cc2)[C@@H](c2ccc(Cl)cc2)[N+](Cc2ccc(OC)cc2)=CN1C.[I-]. The summed E-state index contributed by atoms with van der Waals surface area (Å²) < 4.78 is 12.8. The molecule has 178 valence electrons. The first-order valence-electron chi connectivity index (χ1n) is 10.5. The Bertz CT molecular complexity index is 1170. The molecule has 0 aromatic heterocycles. The maximum absolute atomic E-state index is 13.6. The van der Waals surface area contributed by atoms with Crippen molar-refractivity contribution >= 4 is 35.5 Å². The fraction of sp³-hybridized carbons (Fsp3) is 0.231. The van der Waals surface area contributed by atoms with E-state index in [1.54, 1.807) is 19.2 Å². The van der Waals surface area contributed by atoms with E-state index >= 15 is 0 Å². The van der Waals surface area contributed by atoms with Crippen LogP contribution in [0.2, 0.25) is 10.0 Å². The van der Waals surface area contributed by atoms with E-state index in [0.717, 1.165) is 22.4 Å². The van der Waals surface area contributed by atoms with Gasteiger partial charge >= 0.3 is 5.97 Å². The number of ether oxygens (including phenoxy) is 2. The summed E-state index contributed by atoms with van der Waals surface area (Å²) in [6.07, 6.45) is 1.97. The van der Waals surface area contributed by atoms with Crippen LogP contribution in [0.25, 0.3) is 0 Å². The van der Waals surface area contributed by atoms with E-state index in [2.05, 4.69) is 4.58 Å². The molecule has 1 heterocycles.